The zero-order chi connectivity index (χ0) is 21.5. The molecule has 1 fully saturated rings. The number of carbonyl (C=O) groups excluding carboxylic acids is 3. The predicted molar refractivity (Wildman–Crippen MR) is 116 cm³/mol. The summed E-state index contributed by atoms with van der Waals surface area (Å²) in [5.74, 6) is -0.588. The molecule has 0 unspecified atom stereocenters. The summed E-state index contributed by atoms with van der Waals surface area (Å²) in [4.78, 5) is 44.2. The Morgan fingerprint density at radius 1 is 1.17 bits per heavy atom. The summed E-state index contributed by atoms with van der Waals surface area (Å²) in [6.45, 7) is 5.97. The number of hydrogen-bond acceptors (Lipinski definition) is 5. The predicted octanol–water partition coefficient (Wildman–Crippen LogP) is 2.97. The molecule has 0 aliphatic carbocycles. The van der Waals surface area contributed by atoms with Crippen molar-refractivity contribution in [3.05, 3.63) is 59.9 Å². The third-order valence-electron chi connectivity index (χ3n) is 6.00. The summed E-state index contributed by atoms with van der Waals surface area (Å²) in [7, 11) is 0. The molecule has 1 aromatic carbocycles. The molecule has 2 aliphatic rings. The van der Waals surface area contributed by atoms with Crippen molar-refractivity contribution < 1.29 is 14.4 Å². The number of pyridine rings is 1. The van der Waals surface area contributed by atoms with Gasteiger partial charge in [-0.25, -0.2) is 0 Å². The molecule has 2 aromatic rings. The van der Waals surface area contributed by atoms with E-state index in [1.54, 1.807) is 41.2 Å². The molecular formula is C22H24N4O3S. The minimum absolute atomic E-state index is 0.124. The van der Waals surface area contributed by atoms with Gasteiger partial charge in [0.1, 0.15) is 10.9 Å². The number of hydrogen-bond donors (Lipinski definition) is 2. The zero-order valence-corrected chi connectivity index (χ0v) is 18.0. The fourth-order valence-corrected chi connectivity index (χ4v) is 5.75. The largest absolute Gasteiger partial charge is 0.354 e. The highest BCUT2D eigenvalue weighted by atomic mass is 32.2. The van der Waals surface area contributed by atoms with Gasteiger partial charge >= 0.3 is 0 Å². The van der Waals surface area contributed by atoms with Gasteiger partial charge in [0.25, 0.3) is 5.91 Å². The standard InChI is InChI=1S/C22H24N4O3S/c1-21(2)22(3,26-18(28)15-8-4-5-9-16(15)19(26)30-21)20(29)24-12-10-17(27)25-14-7-6-11-23-13-14/h4-9,11,13,19H,10,12H2,1-3H3,(H,24,29)(H,25,27)/t19-,22-/m0/s1. The van der Waals surface area contributed by atoms with Crippen LogP contribution in [-0.2, 0) is 9.59 Å². The molecule has 0 saturated carbocycles. The number of thioether (sulfide) groups is 1. The molecule has 1 aromatic heterocycles. The first-order valence-electron chi connectivity index (χ1n) is 9.84. The van der Waals surface area contributed by atoms with Crippen LogP contribution in [0.1, 0.15) is 48.5 Å². The number of benzene rings is 1. The molecule has 8 heteroatoms. The lowest BCUT2D eigenvalue weighted by molar-refractivity contribution is -0.132. The van der Waals surface area contributed by atoms with E-state index in [-0.39, 0.29) is 36.1 Å². The van der Waals surface area contributed by atoms with Gasteiger partial charge in [0.05, 0.1) is 11.9 Å². The molecule has 0 radical (unpaired) electrons. The molecule has 2 aliphatic heterocycles. The maximum atomic E-state index is 13.3. The molecule has 7 nitrogen and oxygen atoms in total. The third kappa shape index (κ3) is 3.15. The number of fused-ring (bicyclic) bond motifs is 3. The third-order valence-corrected chi connectivity index (χ3v) is 7.67. The van der Waals surface area contributed by atoms with Crippen molar-refractivity contribution in [1.82, 2.24) is 15.2 Å². The molecule has 0 spiro atoms. The fraction of sp³-hybridized carbons (Fsp3) is 0.364. The summed E-state index contributed by atoms with van der Waals surface area (Å²) >= 11 is 1.62. The number of anilines is 1. The highest BCUT2D eigenvalue weighted by Crippen LogP contribution is 2.61. The number of nitrogens with one attached hydrogen (secondary N) is 2. The first-order chi connectivity index (χ1) is 14.3. The minimum Gasteiger partial charge on any atom is -0.354 e. The smallest absolute Gasteiger partial charge is 0.256 e. The van der Waals surface area contributed by atoms with Crippen LogP contribution in [0.15, 0.2) is 48.8 Å². The molecule has 1 saturated heterocycles. The van der Waals surface area contributed by atoms with Crippen LogP contribution < -0.4 is 10.6 Å². The summed E-state index contributed by atoms with van der Waals surface area (Å²) < 4.78 is -0.497. The van der Waals surface area contributed by atoms with Gasteiger partial charge in [0.2, 0.25) is 11.8 Å². The van der Waals surface area contributed by atoms with Crippen LogP contribution in [0.4, 0.5) is 5.69 Å². The number of carbonyl (C=O) groups is 3. The topological polar surface area (TPSA) is 91.4 Å². The normalized spacial score (nSPS) is 23.6. The summed E-state index contributed by atoms with van der Waals surface area (Å²) in [6, 6.07) is 11.0. The van der Waals surface area contributed by atoms with E-state index < -0.39 is 10.3 Å². The second-order valence-corrected chi connectivity index (χ2v) is 9.81. The Balaban J connectivity index is 1.45. The average Bonchev–Trinajstić information content (AvgIpc) is 3.11. The Morgan fingerprint density at radius 2 is 1.93 bits per heavy atom. The number of nitrogens with zero attached hydrogens (tertiary/aromatic N) is 2. The van der Waals surface area contributed by atoms with Crippen molar-refractivity contribution in [2.75, 3.05) is 11.9 Å². The van der Waals surface area contributed by atoms with Gasteiger partial charge in [0, 0.05) is 29.5 Å². The lowest BCUT2D eigenvalue weighted by atomic mass is 9.84. The highest BCUT2D eigenvalue weighted by Gasteiger charge is 2.65. The van der Waals surface area contributed by atoms with Crippen molar-refractivity contribution in [2.24, 2.45) is 0 Å². The van der Waals surface area contributed by atoms with Crippen molar-refractivity contribution >= 4 is 35.2 Å². The monoisotopic (exact) mass is 424 g/mol. The van der Waals surface area contributed by atoms with Crippen molar-refractivity contribution in [1.29, 1.82) is 0 Å². The van der Waals surface area contributed by atoms with Crippen LogP contribution in [0, 0.1) is 0 Å². The molecular weight excluding hydrogens is 400 g/mol. The first kappa shape index (κ1) is 20.4. The molecule has 30 heavy (non-hydrogen) atoms. The summed E-state index contributed by atoms with van der Waals surface area (Å²) in [5.41, 5.74) is 1.17. The quantitative estimate of drug-likeness (QED) is 0.770. The van der Waals surface area contributed by atoms with E-state index in [1.165, 1.54) is 0 Å². The summed E-state index contributed by atoms with van der Waals surface area (Å²) in [6.07, 6.45) is 3.32. The molecule has 0 bridgehead atoms. The van der Waals surface area contributed by atoms with Gasteiger partial charge in [-0.05, 0) is 44.5 Å². The molecule has 2 N–H and O–H groups in total. The zero-order valence-electron chi connectivity index (χ0n) is 17.1. The van der Waals surface area contributed by atoms with E-state index in [2.05, 4.69) is 15.6 Å². The Bertz CT molecular complexity index is 1010. The Morgan fingerprint density at radius 3 is 2.67 bits per heavy atom. The molecule has 156 valence electrons. The van der Waals surface area contributed by atoms with Gasteiger partial charge in [-0.1, -0.05) is 18.2 Å². The van der Waals surface area contributed by atoms with Crippen molar-refractivity contribution in [3.63, 3.8) is 0 Å². The first-order valence-corrected chi connectivity index (χ1v) is 10.7. The second kappa shape index (κ2) is 7.43. The molecule has 3 heterocycles. The van der Waals surface area contributed by atoms with Gasteiger partial charge in [0.15, 0.2) is 0 Å². The molecule has 4 rings (SSSR count). The van der Waals surface area contributed by atoms with Gasteiger partial charge in [-0.2, -0.15) is 0 Å². The maximum Gasteiger partial charge on any atom is 0.256 e. The van der Waals surface area contributed by atoms with Crippen LogP contribution in [0.5, 0.6) is 0 Å². The lowest BCUT2D eigenvalue weighted by Gasteiger charge is -2.40. The highest BCUT2D eigenvalue weighted by molar-refractivity contribution is 8.01. The summed E-state index contributed by atoms with van der Waals surface area (Å²) in [5, 5.41) is 5.43. The van der Waals surface area contributed by atoms with Gasteiger partial charge < -0.3 is 15.5 Å². The van der Waals surface area contributed by atoms with Crippen LogP contribution in [0.2, 0.25) is 0 Å². The van der Waals surface area contributed by atoms with Crippen molar-refractivity contribution in [2.45, 2.75) is 42.9 Å². The fourth-order valence-electron chi connectivity index (χ4n) is 4.02. The van der Waals surface area contributed by atoms with E-state index in [0.29, 0.717) is 11.3 Å². The van der Waals surface area contributed by atoms with E-state index in [4.69, 9.17) is 0 Å². The average molecular weight is 425 g/mol. The lowest BCUT2D eigenvalue weighted by Crippen LogP contribution is -2.63. The van der Waals surface area contributed by atoms with Gasteiger partial charge in [-0.3, -0.25) is 19.4 Å². The Labute approximate surface area is 179 Å². The van der Waals surface area contributed by atoms with E-state index in [9.17, 15) is 14.4 Å². The molecule has 2 atom stereocenters. The maximum absolute atomic E-state index is 13.3. The van der Waals surface area contributed by atoms with E-state index >= 15 is 0 Å². The molecule has 3 amide bonds. The van der Waals surface area contributed by atoms with Crippen LogP contribution in [0.25, 0.3) is 0 Å². The minimum atomic E-state index is -1.04. The number of rotatable bonds is 5. The van der Waals surface area contributed by atoms with Crippen molar-refractivity contribution in [3.8, 4) is 0 Å². The number of aromatic nitrogens is 1. The van der Waals surface area contributed by atoms with Crippen LogP contribution >= 0.6 is 11.8 Å². The Kier molecular flexibility index (Phi) is 5.05. The SMILES string of the molecule is CC1(C)S[C@H]2c3ccccc3C(=O)N2[C@@]1(C)C(=O)NCCC(=O)Nc1cccnc1. The second-order valence-electron chi connectivity index (χ2n) is 8.11. The Hall–Kier alpha value is -2.87. The van der Waals surface area contributed by atoms with Gasteiger partial charge in [-0.15, -0.1) is 11.8 Å². The number of amides is 3. The van der Waals surface area contributed by atoms with E-state index in [1.807, 2.05) is 45.0 Å². The van der Waals surface area contributed by atoms with Crippen LogP contribution in [0.3, 0.4) is 0 Å². The van der Waals surface area contributed by atoms with E-state index in [0.717, 1.165) is 5.56 Å². The van der Waals surface area contributed by atoms with Crippen LogP contribution in [-0.4, -0.2) is 44.4 Å².